The van der Waals surface area contributed by atoms with Crippen LogP contribution in [0.2, 0.25) is 0 Å². The van der Waals surface area contributed by atoms with E-state index in [1.807, 2.05) is 20.8 Å². The molecule has 0 aliphatic heterocycles. The molecule has 6 nitrogen and oxygen atoms in total. The van der Waals surface area contributed by atoms with Gasteiger partial charge in [0.25, 0.3) is 0 Å². The average Bonchev–Trinajstić information content (AvgIpc) is 2.79. The standard InChI is InChI=1S/C9H17N5O.C2H6/c1-6(10)4-12-5-8(15)7-3-9(11-2)14-13-7;1-2/h3,6,12H,4-5,10H2,1-2H3,(H2,11,13,14);1-2H3. The molecular formula is C11H23N5O. The van der Waals surface area contributed by atoms with Gasteiger partial charge >= 0.3 is 0 Å². The van der Waals surface area contributed by atoms with Crippen LogP contribution in [-0.4, -0.2) is 42.2 Å². The Bertz CT molecular complexity index is 321. The fraction of sp³-hybridized carbons (Fsp3) is 0.636. The third kappa shape index (κ3) is 6.03. The summed E-state index contributed by atoms with van der Waals surface area (Å²) in [7, 11) is 1.75. The Hall–Kier alpha value is -1.40. The molecule has 17 heavy (non-hydrogen) atoms. The number of carbonyl (C=O) groups excluding carboxylic acids is 1. The Morgan fingerprint density at radius 1 is 1.59 bits per heavy atom. The van der Waals surface area contributed by atoms with Crippen molar-refractivity contribution in [1.82, 2.24) is 15.5 Å². The third-order valence-electron chi connectivity index (χ3n) is 1.89. The number of aromatic nitrogens is 2. The molecule has 0 aromatic carbocycles. The minimum atomic E-state index is -0.0235. The topological polar surface area (TPSA) is 95.8 Å². The van der Waals surface area contributed by atoms with Gasteiger partial charge in [0.15, 0.2) is 5.78 Å². The maximum atomic E-state index is 11.6. The van der Waals surface area contributed by atoms with Gasteiger partial charge in [-0.25, -0.2) is 0 Å². The molecule has 98 valence electrons. The molecule has 0 fully saturated rings. The van der Waals surface area contributed by atoms with E-state index >= 15 is 0 Å². The van der Waals surface area contributed by atoms with Gasteiger partial charge in [-0.15, -0.1) is 0 Å². The zero-order chi connectivity index (χ0) is 13.3. The van der Waals surface area contributed by atoms with Crippen LogP contribution in [-0.2, 0) is 0 Å². The summed E-state index contributed by atoms with van der Waals surface area (Å²) in [5, 5.41) is 12.4. The molecule has 1 unspecified atom stereocenters. The van der Waals surface area contributed by atoms with E-state index in [1.165, 1.54) is 0 Å². The molecule has 1 heterocycles. The number of nitrogens with zero attached hydrogens (tertiary/aromatic N) is 1. The lowest BCUT2D eigenvalue weighted by atomic mass is 10.2. The molecule has 1 aromatic rings. The summed E-state index contributed by atoms with van der Waals surface area (Å²) in [4.78, 5) is 11.6. The fourth-order valence-corrected chi connectivity index (χ4v) is 1.10. The molecule has 0 radical (unpaired) electrons. The van der Waals surface area contributed by atoms with Crippen molar-refractivity contribution in [2.75, 3.05) is 25.5 Å². The number of ketones is 1. The van der Waals surface area contributed by atoms with Crippen molar-refractivity contribution in [3.05, 3.63) is 11.8 Å². The summed E-state index contributed by atoms with van der Waals surface area (Å²) in [5.74, 6) is 0.634. The number of Topliss-reactive ketones (excluding diaryl/α,β-unsaturated/α-hetero) is 1. The van der Waals surface area contributed by atoms with Crippen LogP contribution in [0.4, 0.5) is 5.82 Å². The molecule has 1 rings (SSSR count). The van der Waals surface area contributed by atoms with E-state index in [1.54, 1.807) is 13.1 Å². The normalized spacial score (nSPS) is 11.4. The molecule has 0 aliphatic rings. The summed E-state index contributed by atoms with van der Waals surface area (Å²) in [6.45, 7) is 6.78. The maximum Gasteiger partial charge on any atom is 0.194 e. The first-order valence-corrected chi connectivity index (χ1v) is 5.86. The van der Waals surface area contributed by atoms with E-state index in [0.717, 1.165) is 0 Å². The molecule has 0 amide bonds. The molecule has 5 N–H and O–H groups in total. The van der Waals surface area contributed by atoms with Crippen molar-refractivity contribution >= 4 is 11.6 Å². The number of carbonyl (C=O) groups is 1. The molecule has 0 bridgehead atoms. The number of aromatic amines is 1. The van der Waals surface area contributed by atoms with Gasteiger partial charge in [-0.2, -0.15) is 5.10 Å². The number of anilines is 1. The lowest BCUT2D eigenvalue weighted by molar-refractivity contribution is 0.0986. The Kier molecular flexibility index (Phi) is 8.00. The number of nitrogens with two attached hydrogens (primary N) is 1. The van der Waals surface area contributed by atoms with E-state index in [0.29, 0.717) is 18.1 Å². The van der Waals surface area contributed by atoms with Crippen molar-refractivity contribution in [3.8, 4) is 0 Å². The number of hydrogen-bond donors (Lipinski definition) is 4. The SMILES string of the molecule is CC.CNc1cc(C(=O)CNCC(C)N)[nH]n1. The lowest BCUT2D eigenvalue weighted by Crippen LogP contribution is -2.34. The highest BCUT2D eigenvalue weighted by atomic mass is 16.1. The van der Waals surface area contributed by atoms with E-state index in [4.69, 9.17) is 5.73 Å². The molecule has 0 saturated carbocycles. The van der Waals surface area contributed by atoms with Crippen LogP contribution in [0.15, 0.2) is 6.07 Å². The molecule has 6 heteroatoms. The number of nitrogens with one attached hydrogen (secondary N) is 3. The molecule has 1 aromatic heterocycles. The third-order valence-corrected chi connectivity index (χ3v) is 1.89. The van der Waals surface area contributed by atoms with Gasteiger partial charge in [-0.3, -0.25) is 9.89 Å². The van der Waals surface area contributed by atoms with E-state index < -0.39 is 0 Å². The van der Waals surface area contributed by atoms with Crippen molar-refractivity contribution in [2.24, 2.45) is 5.73 Å². The van der Waals surface area contributed by atoms with Gasteiger partial charge in [0, 0.05) is 25.7 Å². The summed E-state index contributed by atoms with van der Waals surface area (Å²) >= 11 is 0. The van der Waals surface area contributed by atoms with Gasteiger partial charge in [0.2, 0.25) is 0 Å². The maximum absolute atomic E-state index is 11.6. The second kappa shape index (κ2) is 8.72. The number of H-pyrrole nitrogens is 1. The summed E-state index contributed by atoms with van der Waals surface area (Å²) in [5.41, 5.74) is 6.04. The van der Waals surface area contributed by atoms with Crippen LogP contribution >= 0.6 is 0 Å². The van der Waals surface area contributed by atoms with Crippen LogP contribution in [0, 0.1) is 0 Å². The summed E-state index contributed by atoms with van der Waals surface area (Å²) < 4.78 is 0. The smallest absolute Gasteiger partial charge is 0.194 e. The minimum Gasteiger partial charge on any atom is -0.372 e. The van der Waals surface area contributed by atoms with E-state index in [9.17, 15) is 4.79 Å². The van der Waals surface area contributed by atoms with Crippen LogP contribution in [0.5, 0.6) is 0 Å². The van der Waals surface area contributed by atoms with Gasteiger partial charge < -0.3 is 16.4 Å². The van der Waals surface area contributed by atoms with Gasteiger partial charge in [-0.05, 0) is 6.92 Å². The first kappa shape index (κ1) is 15.6. The van der Waals surface area contributed by atoms with E-state index in [-0.39, 0.29) is 18.4 Å². The average molecular weight is 241 g/mol. The predicted molar refractivity (Wildman–Crippen MR) is 70.3 cm³/mol. The molecular weight excluding hydrogens is 218 g/mol. The van der Waals surface area contributed by atoms with Crippen molar-refractivity contribution in [2.45, 2.75) is 26.8 Å². The van der Waals surface area contributed by atoms with Crippen molar-refractivity contribution in [3.63, 3.8) is 0 Å². The summed E-state index contributed by atoms with van der Waals surface area (Å²) in [6.07, 6.45) is 0. The van der Waals surface area contributed by atoms with Crippen LogP contribution in [0.3, 0.4) is 0 Å². The van der Waals surface area contributed by atoms with Crippen LogP contribution < -0.4 is 16.4 Å². The Labute approximate surface area is 102 Å². The van der Waals surface area contributed by atoms with Crippen molar-refractivity contribution < 1.29 is 4.79 Å². The molecule has 1 atom stereocenters. The molecule has 0 aliphatic carbocycles. The van der Waals surface area contributed by atoms with E-state index in [2.05, 4.69) is 20.8 Å². The largest absolute Gasteiger partial charge is 0.372 e. The Balaban J connectivity index is 0.00000121. The quantitative estimate of drug-likeness (QED) is 0.547. The highest BCUT2D eigenvalue weighted by Gasteiger charge is 2.08. The minimum absolute atomic E-state index is 0.0235. The number of rotatable bonds is 6. The first-order valence-electron chi connectivity index (χ1n) is 5.86. The molecule has 0 saturated heterocycles. The zero-order valence-corrected chi connectivity index (χ0v) is 11.0. The van der Waals surface area contributed by atoms with Crippen molar-refractivity contribution in [1.29, 1.82) is 0 Å². The Morgan fingerprint density at radius 2 is 2.24 bits per heavy atom. The zero-order valence-electron chi connectivity index (χ0n) is 11.0. The van der Waals surface area contributed by atoms with Crippen LogP contribution in [0.1, 0.15) is 31.3 Å². The Morgan fingerprint density at radius 3 is 2.71 bits per heavy atom. The highest BCUT2D eigenvalue weighted by molar-refractivity contribution is 5.96. The molecule has 0 spiro atoms. The van der Waals surface area contributed by atoms with Gasteiger partial charge in [0.05, 0.1) is 6.54 Å². The van der Waals surface area contributed by atoms with Crippen LogP contribution in [0.25, 0.3) is 0 Å². The van der Waals surface area contributed by atoms with Gasteiger partial charge in [0.1, 0.15) is 11.5 Å². The fourth-order valence-electron chi connectivity index (χ4n) is 1.10. The lowest BCUT2D eigenvalue weighted by Gasteiger charge is -2.05. The second-order valence-corrected chi connectivity index (χ2v) is 3.45. The first-order chi connectivity index (χ1) is 8.13. The number of hydrogen-bond acceptors (Lipinski definition) is 5. The highest BCUT2D eigenvalue weighted by Crippen LogP contribution is 2.03. The predicted octanol–water partition coefficient (Wildman–Crippen LogP) is 0.597. The monoisotopic (exact) mass is 241 g/mol. The second-order valence-electron chi connectivity index (χ2n) is 3.45. The van der Waals surface area contributed by atoms with Gasteiger partial charge in [-0.1, -0.05) is 13.8 Å². The summed E-state index contributed by atoms with van der Waals surface area (Å²) in [6, 6.07) is 1.73.